The van der Waals surface area contributed by atoms with E-state index in [0.29, 0.717) is 23.4 Å². The molecule has 3 aromatic carbocycles. The molecule has 25 nitrogen and oxygen atoms in total. The van der Waals surface area contributed by atoms with Crippen LogP contribution in [0.2, 0.25) is 0 Å². The first-order chi connectivity index (χ1) is 30.2. The van der Waals surface area contributed by atoms with E-state index in [9.17, 15) is 24.0 Å². The van der Waals surface area contributed by atoms with Crippen molar-refractivity contribution < 1.29 is 51.0 Å². The molecule has 0 radical (unpaired) electrons. The number of rotatable bonds is 10. The summed E-state index contributed by atoms with van der Waals surface area (Å²) in [6.45, 7) is -0.00196. The highest BCUT2D eigenvalue weighted by atomic mass is 32.3. The molecule has 1 saturated heterocycles. The number of para-hydroxylation sites is 3. The summed E-state index contributed by atoms with van der Waals surface area (Å²) in [4.78, 5) is 53.9. The van der Waals surface area contributed by atoms with Crippen LogP contribution in [0.1, 0.15) is 34.0 Å². The van der Waals surface area contributed by atoms with Gasteiger partial charge in [-0.1, -0.05) is 70.2 Å². The van der Waals surface area contributed by atoms with Gasteiger partial charge in [0, 0.05) is 0 Å². The number of carbonyl (C=O) groups is 5. The molecule has 2 atom stereocenters. The van der Waals surface area contributed by atoms with E-state index in [2.05, 4.69) is 56.4 Å². The van der Waals surface area contributed by atoms with Crippen molar-refractivity contribution in [1.82, 2.24) is 60.9 Å². The third-order valence-electron chi connectivity index (χ3n) is 7.50. The van der Waals surface area contributed by atoms with E-state index in [-0.39, 0.29) is 31.5 Å². The molecule has 63 heavy (non-hydrogen) atoms. The molecular weight excluding hydrogens is 849 g/mol. The van der Waals surface area contributed by atoms with Gasteiger partial charge in [-0.15, -0.1) is 15.3 Å². The Morgan fingerprint density at radius 1 is 0.841 bits per heavy atom. The van der Waals surface area contributed by atoms with Gasteiger partial charge in [0.25, 0.3) is 0 Å². The Kier molecular flexibility index (Phi) is 20.1. The van der Waals surface area contributed by atoms with Crippen molar-refractivity contribution in [3.05, 3.63) is 127 Å². The van der Waals surface area contributed by atoms with Crippen molar-refractivity contribution in [3.8, 4) is 23.1 Å². The van der Waals surface area contributed by atoms with E-state index >= 15 is 0 Å². The number of aromatic nitrogens is 9. The highest BCUT2D eigenvalue weighted by Crippen LogP contribution is 2.14. The van der Waals surface area contributed by atoms with Crippen LogP contribution >= 0.6 is 0 Å². The number of nitrogens with one attached hydrogen (secondary N) is 3. The Balaban J connectivity index is 0.000000228. The number of ether oxygens (including phenoxy) is 2. The van der Waals surface area contributed by atoms with Crippen LogP contribution in [-0.4, -0.2) is 126 Å². The molecule has 0 saturated carbocycles. The number of imide groups is 1. The summed E-state index contributed by atoms with van der Waals surface area (Å²) in [5.41, 5.74) is 8.66. The van der Waals surface area contributed by atoms with E-state index in [1.54, 1.807) is 32.6 Å². The minimum Gasteiger partial charge on any atom is -0.468 e. The molecule has 6 aromatic rings. The minimum atomic E-state index is -4.67. The predicted octanol–water partition coefficient (Wildman–Crippen LogP) is -0.306. The SMILES string of the molecule is COC(=O)CN.COC(=O)CNC(C#N)c1cn(-c2ccccc2)nn1.O=C1CNC(c2cn(-c3ccccc3)nn2)C(=O)N1.O=Cc1cn(-c2ccccc2)nn1.O=S(=O)(O)O. The molecule has 7 N–H and O–H groups in total. The number of carbonyl (C=O) groups excluding carboxylic acids is 5. The van der Waals surface area contributed by atoms with Crippen LogP contribution in [0.4, 0.5) is 0 Å². The number of aldehydes is 1. The van der Waals surface area contributed by atoms with Gasteiger partial charge in [-0.2, -0.15) is 13.7 Å². The lowest BCUT2D eigenvalue weighted by atomic mass is 10.1. The number of methoxy groups -OCH3 is 2. The highest BCUT2D eigenvalue weighted by molar-refractivity contribution is 7.79. The molecule has 1 aliphatic heterocycles. The fourth-order valence-electron chi connectivity index (χ4n) is 4.61. The quantitative estimate of drug-likeness (QED) is 0.0445. The van der Waals surface area contributed by atoms with Crippen LogP contribution in [-0.2, 0) is 39.1 Å². The van der Waals surface area contributed by atoms with E-state index in [4.69, 9.17) is 28.5 Å². The van der Waals surface area contributed by atoms with Gasteiger partial charge in [0.1, 0.15) is 29.2 Å². The monoisotopic (exact) mass is 888 g/mol. The van der Waals surface area contributed by atoms with Gasteiger partial charge in [0.15, 0.2) is 6.29 Å². The molecule has 26 heteroatoms. The van der Waals surface area contributed by atoms with Gasteiger partial charge in [-0.25, -0.2) is 14.0 Å². The third-order valence-corrected chi connectivity index (χ3v) is 7.50. The molecule has 4 heterocycles. The zero-order valence-electron chi connectivity index (χ0n) is 33.3. The second-order valence-corrected chi connectivity index (χ2v) is 12.8. The number of esters is 2. The van der Waals surface area contributed by atoms with Crippen molar-refractivity contribution in [3.63, 3.8) is 0 Å². The average Bonchev–Trinajstić information content (AvgIpc) is 4.10. The molecule has 0 aliphatic carbocycles. The standard InChI is InChI=1S/C13H13N5O2.C12H11N5O2.C9H7N3O.C3H7NO2.H2O4S/c1-20-13(19)8-15-11(7-14)12-9-18(17-16-12)10-5-3-2-4-6-10;18-10-6-13-11(12(19)14-10)9-7-17(16-15-9)8-4-2-1-3-5-8;13-7-8-6-12(11-10-8)9-4-2-1-3-5-9;1-6-3(5)2-4;1-5(2,3)4/h2-6,9,11,15H,8H2,1H3;1-5,7,11,13H,6H2,(H,14,18,19);1-7H;2,4H2,1H3;(H2,1,2,3,4). The maximum atomic E-state index is 11.7. The third kappa shape index (κ3) is 17.7. The summed E-state index contributed by atoms with van der Waals surface area (Å²) in [6.07, 6.45) is 5.57. The van der Waals surface area contributed by atoms with Crippen molar-refractivity contribution in [2.45, 2.75) is 12.1 Å². The number of benzene rings is 3. The number of hydrogen-bond donors (Lipinski definition) is 6. The lowest BCUT2D eigenvalue weighted by molar-refractivity contribution is -0.140. The fourth-order valence-corrected chi connectivity index (χ4v) is 4.61. The molecule has 3 aromatic heterocycles. The molecular formula is C37H40N14O11S. The lowest BCUT2D eigenvalue weighted by Crippen LogP contribution is -2.51. The van der Waals surface area contributed by atoms with Crippen LogP contribution < -0.4 is 21.7 Å². The Labute approximate surface area is 358 Å². The molecule has 7 rings (SSSR count). The van der Waals surface area contributed by atoms with Gasteiger partial charge in [-0.3, -0.25) is 49.0 Å². The van der Waals surface area contributed by atoms with Gasteiger partial charge in [-0.05, 0) is 36.4 Å². The van der Waals surface area contributed by atoms with E-state index in [1.807, 2.05) is 97.1 Å². The van der Waals surface area contributed by atoms with Crippen LogP contribution in [0.3, 0.4) is 0 Å². The van der Waals surface area contributed by atoms with Crippen molar-refractivity contribution in [2.24, 2.45) is 5.73 Å². The molecule has 1 aliphatic rings. The van der Waals surface area contributed by atoms with E-state index in [0.717, 1.165) is 17.1 Å². The largest absolute Gasteiger partial charge is 0.468 e. The molecule has 2 unspecified atom stereocenters. The van der Waals surface area contributed by atoms with Gasteiger partial charge in [0.2, 0.25) is 11.8 Å². The van der Waals surface area contributed by atoms with E-state index < -0.39 is 34.4 Å². The lowest BCUT2D eigenvalue weighted by Gasteiger charge is -2.19. The maximum Gasteiger partial charge on any atom is 0.394 e. The van der Waals surface area contributed by atoms with Gasteiger partial charge < -0.3 is 15.2 Å². The summed E-state index contributed by atoms with van der Waals surface area (Å²) in [7, 11) is -2.08. The normalized spacial score (nSPS) is 13.2. The number of nitrogens with zero attached hydrogens (tertiary/aromatic N) is 10. The Morgan fingerprint density at radius 3 is 1.75 bits per heavy atom. The first kappa shape index (κ1) is 49.4. The van der Waals surface area contributed by atoms with Gasteiger partial charge in [0.05, 0.1) is 75.6 Å². The van der Waals surface area contributed by atoms with Crippen molar-refractivity contribution >= 4 is 40.4 Å². The number of amides is 2. The Morgan fingerprint density at radius 2 is 1.32 bits per heavy atom. The summed E-state index contributed by atoms with van der Waals surface area (Å²) in [5.74, 6) is -1.57. The maximum absolute atomic E-state index is 11.7. The second-order valence-electron chi connectivity index (χ2n) is 11.9. The summed E-state index contributed by atoms with van der Waals surface area (Å²) in [6, 6.07) is 29.0. The van der Waals surface area contributed by atoms with Crippen LogP contribution in [0.15, 0.2) is 110 Å². The second kappa shape index (κ2) is 25.6. The molecule has 330 valence electrons. The summed E-state index contributed by atoms with van der Waals surface area (Å²) in [5, 5.41) is 40.2. The fraction of sp³-hybridized carbons (Fsp3) is 0.189. The van der Waals surface area contributed by atoms with Gasteiger partial charge >= 0.3 is 22.3 Å². The van der Waals surface area contributed by atoms with Crippen LogP contribution in [0.25, 0.3) is 17.1 Å². The minimum absolute atomic E-state index is 0.0312. The molecule has 2 amide bonds. The molecule has 0 bridgehead atoms. The first-order valence-electron chi connectivity index (χ1n) is 17.8. The zero-order valence-corrected chi connectivity index (χ0v) is 34.1. The predicted molar refractivity (Wildman–Crippen MR) is 217 cm³/mol. The Bertz CT molecular complexity index is 2520. The van der Waals surface area contributed by atoms with Crippen molar-refractivity contribution in [1.29, 1.82) is 5.26 Å². The number of nitriles is 1. The molecule has 1 fully saturated rings. The van der Waals surface area contributed by atoms with Crippen molar-refractivity contribution in [2.75, 3.05) is 33.9 Å². The Hall–Kier alpha value is -7.93. The summed E-state index contributed by atoms with van der Waals surface area (Å²) < 4.78 is 44.9. The summed E-state index contributed by atoms with van der Waals surface area (Å²) >= 11 is 0. The highest BCUT2D eigenvalue weighted by Gasteiger charge is 2.29. The zero-order chi connectivity index (χ0) is 46.2. The van der Waals surface area contributed by atoms with Crippen LogP contribution in [0, 0.1) is 11.3 Å². The number of hydrogen-bond acceptors (Lipinski definition) is 19. The average molecular weight is 889 g/mol. The smallest absolute Gasteiger partial charge is 0.394 e. The molecule has 0 spiro atoms. The number of nitrogens with two attached hydrogens (primary N) is 1. The van der Waals surface area contributed by atoms with Crippen LogP contribution in [0.5, 0.6) is 0 Å². The first-order valence-corrected chi connectivity index (χ1v) is 19.2. The van der Waals surface area contributed by atoms with E-state index in [1.165, 1.54) is 14.2 Å². The number of piperazine rings is 1. The topological polar surface area (TPSA) is 356 Å².